The quantitative estimate of drug-likeness (QED) is 0.248. The van der Waals surface area contributed by atoms with Crippen LogP contribution in [-0.2, 0) is 12.8 Å². The van der Waals surface area contributed by atoms with Crippen molar-refractivity contribution in [1.29, 1.82) is 0 Å². The molecular formula is C27H21F2N. The molecule has 6 rings (SSSR count). The van der Waals surface area contributed by atoms with Crippen molar-refractivity contribution < 1.29 is 8.78 Å². The first-order valence-electron chi connectivity index (χ1n) is 10.3. The molecule has 0 N–H and O–H groups in total. The Hall–Kier alpha value is -3.33. The van der Waals surface area contributed by atoms with Gasteiger partial charge in [-0.1, -0.05) is 48.5 Å². The van der Waals surface area contributed by atoms with E-state index in [4.69, 9.17) is 0 Å². The van der Waals surface area contributed by atoms with Crippen LogP contribution in [0.25, 0.3) is 32.4 Å². The van der Waals surface area contributed by atoms with E-state index in [1.54, 1.807) is 12.1 Å². The van der Waals surface area contributed by atoms with Crippen molar-refractivity contribution >= 4 is 32.4 Å². The molecule has 0 fully saturated rings. The van der Waals surface area contributed by atoms with E-state index in [0.717, 1.165) is 35.6 Å². The Morgan fingerprint density at radius 2 is 1.50 bits per heavy atom. The van der Waals surface area contributed by atoms with Gasteiger partial charge in [0.2, 0.25) is 0 Å². The molecule has 4 aromatic carbocycles. The third kappa shape index (κ3) is 3.30. The summed E-state index contributed by atoms with van der Waals surface area (Å²) >= 11 is 0. The highest BCUT2D eigenvalue weighted by Crippen LogP contribution is 2.35. The molecule has 0 unspecified atom stereocenters. The lowest BCUT2D eigenvalue weighted by atomic mass is 9.86. The number of nitrogens with zero attached hydrogens (tertiary/aromatic N) is 1. The van der Waals surface area contributed by atoms with Crippen LogP contribution < -0.4 is 0 Å². The summed E-state index contributed by atoms with van der Waals surface area (Å²) in [5.41, 5.74) is 3.63. The standard InChI is InChI=1S/C18H14F2.C9H7N/c19-16-7-3-6-14-13-9-8-11-4-1-2-5-12(11)15(13)10-17(20)18(14)16;1-2-6-9-8(4-1)5-3-7-10-9/h3,6-10H,1-2,4-5H2;1-7H. The van der Waals surface area contributed by atoms with Crippen LogP contribution in [0.2, 0.25) is 0 Å². The summed E-state index contributed by atoms with van der Waals surface area (Å²) in [4.78, 5) is 4.18. The Bertz CT molecular complexity index is 1310. The van der Waals surface area contributed by atoms with Gasteiger partial charge in [0.05, 0.1) is 10.9 Å². The number of para-hydroxylation sites is 1. The number of aryl methyl sites for hydroxylation is 2. The van der Waals surface area contributed by atoms with E-state index in [1.165, 1.54) is 35.1 Å². The van der Waals surface area contributed by atoms with Gasteiger partial charge < -0.3 is 0 Å². The molecule has 1 heterocycles. The fourth-order valence-corrected chi connectivity index (χ4v) is 4.46. The molecule has 1 aliphatic rings. The molecule has 0 radical (unpaired) electrons. The zero-order chi connectivity index (χ0) is 20.5. The molecule has 5 aromatic rings. The lowest BCUT2D eigenvalue weighted by Crippen LogP contribution is -2.03. The van der Waals surface area contributed by atoms with E-state index >= 15 is 0 Å². The number of benzene rings is 4. The molecule has 0 spiro atoms. The SMILES string of the molecule is Fc1cccc2c1c(F)cc1c3c(ccc12)CCCC3.c1ccc2ncccc2c1. The predicted molar refractivity (Wildman–Crippen MR) is 120 cm³/mol. The smallest absolute Gasteiger partial charge is 0.134 e. The molecule has 0 saturated heterocycles. The van der Waals surface area contributed by atoms with Crippen LogP contribution in [0.5, 0.6) is 0 Å². The van der Waals surface area contributed by atoms with Gasteiger partial charge in [0.1, 0.15) is 11.6 Å². The van der Waals surface area contributed by atoms with Crippen LogP contribution in [0.4, 0.5) is 8.78 Å². The maximum Gasteiger partial charge on any atom is 0.134 e. The highest BCUT2D eigenvalue weighted by atomic mass is 19.1. The Labute approximate surface area is 174 Å². The Balaban J connectivity index is 0.000000161. The molecule has 0 aliphatic heterocycles. The van der Waals surface area contributed by atoms with E-state index in [1.807, 2.05) is 36.5 Å². The predicted octanol–water partition coefficient (Wildman–Crippen LogP) is 7.38. The minimum absolute atomic E-state index is 0.107. The third-order valence-electron chi connectivity index (χ3n) is 5.90. The first-order chi connectivity index (χ1) is 14.7. The maximum atomic E-state index is 14.3. The van der Waals surface area contributed by atoms with Gasteiger partial charge in [-0.3, -0.25) is 4.98 Å². The van der Waals surface area contributed by atoms with Crippen molar-refractivity contribution in [3.8, 4) is 0 Å². The van der Waals surface area contributed by atoms with Gasteiger partial charge in [0.15, 0.2) is 0 Å². The topological polar surface area (TPSA) is 12.9 Å². The highest BCUT2D eigenvalue weighted by Gasteiger charge is 2.16. The molecule has 30 heavy (non-hydrogen) atoms. The third-order valence-corrected chi connectivity index (χ3v) is 5.90. The van der Waals surface area contributed by atoms with Crippen molar-refractivity contribution in [2.75, 3.05) is 0 Å². The second kappa shape index (κ2) is 7.83. The van der Waals surface area contributed by atoms with Crippen LogP contribution in [0.15, 0.2) is 79.0 Å². The molecule has 0 atom stereocenters. The number of fused-ring (bicyclic) bond motifs is 6. The van der Waals surface area contributed by atoms with Crippen LogP contribution in [0, 0.1) is 11.6 Å². The number of hydrogen-bond acceptors (Lipinski definition) is 1. The number of halogens is 2. The summed E-state index contributed by atoms with van der Waals surface area (Å²) in [6.07, 6.45) is 6.21. The van der Waals surface area contributed by atoms with Crippen molar-refractivity contribution in [1.82, 2.24) is 4.98 Å². The van der Waals surface area contributed by atoms with Crippen LogP contribution >= 0.6 is 0 Å². The Morgan fingerprint density at radius 1 is 0.667 bits per heavy atom. The fraction of sp³-hybridized carbons (Fsp3) is 0.148. The van der Waals surface area contributed by atoms with Gasteiger partial charge in [0.25, 0.3) is 0 Å². The molecule has 0 amide bonds. The molecule has 148 valence electrons. The van der Waals surface area contributed by atoms with E-state index in [-0.39, 0.29) is 5.39 Å². The van der Waals surface area contributed by atoms with Crippen LogP contribution in [0.3, 0.4) is 0 Å². The number of rotatable bonds is 0. The van der Waals surface area contributed by atoms with Gasteiger partial charge in [-0.2, -0.15) is 0 Å². The second-order valence-electron chi connectivity index (χ2n) is 7.72. The zero-order valence-corrected chi connectivity index (χ0v) is 16.5. The van der Waals surface area contributed by atoms with E-state index in [2.05, 4.69) is 23.2 Å². The Kier molecular flexibility index (Phi) is 4.88. The fourth-order valence-electron chi connectivity index (χ4n) is 4.46. The minimum atomic E-state index is -0.486. The minimum Gasteiger partial charge on any atom is -0.256 e. The summed E-state index contributed by atoms with van der Waals surface area (Å²) in [7, 11) is 0. The van der Waals surface area contributed by atoms with Gasteiger partial charge >= 0.3 is 0 Å². The highest BCUT2D eigenvalue weighted by molar-refractivity contribution is 6.09. The summed E-state index contributed by atoms with van der Waals surface area (Å²) < 4.78 is 28.2. The lowest BCUT2D eigenvalue weighted by molar-refractivity contribution is 0.609. The van der Waals surface area contributed by atoms with Crippen LogP contribution in [0.1, 0.15) is 24.0 Å². The first-order valence-corrected chi connectivity index (χ1v) is 10.3. The van der Waals surface area contributed by atoms with Gasteiger partial charge in [0, 0.05) is 11.6 Å². The van der Waals surface area contributed by atoms with E-state index < -0.39 is 11.6 Å². The summed E-state index contributed by atoms with van der Waals surface area (Å²) in [5.74, 6) is -0.941. The number of hydrogen-bond donors (Lipinski definition) is 0. The summed E-state index contributed by atoms with van der Waals surface area (Å²) in [5, 5.41) is 3.90. The molecule has 0 bridgehead atoms. The molecule has 0 saturated carbocycles. The van der Waals surface area contributed by atoms with Crippen molar-refractivity contribution in [2.24, 2.45) is 0 Å². The van der Waals surface area contributed by atoms with Crippen LogP contribution in [-0.4, -0.2) is 4.98 Å². The lowest BCUT2D eigenvalue weighted by Gasteiger charge is -2.19. The van der Waals surface area contributed by atoms with E-state index in [0.29, 0.717) is 5.39 Å². The molecular weight excluding hydrogens is 376 g/mol. The normalized spacial score (nSPS) is 13.1. The largest absolute Gasteiger partial charge is 0.256 e. The summed E-state index contributed by atoms with van der Waals surface area (Å²) in [6.45, 7) is 0. The average molecular weight is 397 g/mol. The average Bonchev–Trinajstić information content (AvgIpc) is 2.79. The van der Waals surface area contributed by atoms with Gasteiger partial charge in [-0.25, -0.2) is 8.78 Å². The van der Waals surface area contributed by atoms with Crippen molar-refractivity contribution in [3.63, 3.8) is 0 Å². The van der Waals surface area contributed by atoms with Gasteiger partial charge in [-0.15, -0.1) is 0 Å². The van der Waals surface area contributed by atoms with Crippen molar-refractivity contribution in [2.45, 2.75) is 25.7 Å². The molecule has 1 nitrogen and oxygen atoms in total. The molecule has 1 aromatic heterocycles. The molecule has 3 heteroatoms. The first kappa shape index (κ1) is 18.7. The number of pyridine rings is 1. The monoisotopic (exact) mass is 397 g/mol. The van der Waals surface area contributed by atoms with Gasteiger partial charge in [-0.05, 0) is 77.2 Å². The maximum absolute atomic E-state index is 14.3. The van der Waals surface area contributed by atoms with Crippen molar-refractivity contribution in [3.05, 3.63) is 102 Å². The Morgan fingerprint density at radius 3 is 2.40 bits per heavy atom. The van der Waals surface area contributed by atoms with E-state index in [9.17, 15) is 8.78 Å². The summed E-state index contributed by atoms with van der Waals surface area (Å²) in [6, 6.07) is 22.5. The zero-order valence-electron chi connectivity index (χ0n) is 16.5. The molecule has 1 aliphatic carbocycles. The number of aromatic nitrogens is 1. The second-order valence-corrected chi connectivity index (χ2v) is 7.72.